The highest BCUT2D eigenvalue weighted by Crippen LogP contribution is 2.21. The van der Waals surface area contributed by atoms with Gasteiger partial charge in [0.1, 0.15) is 0 Å². The molecule has 3 nitrogen and oxygen atoms in total. The number of carbonyl (C=O) groups excluding carboxylic acids is 1. The van der Waals surface area contributed by atoms with Crippen molar-refractivity contribution < 1.29 is 4.79 Å². The van der Waals surface area contributed by atoms with Crippen LogP contribution in [0, 0.1) is 0 Å². The zero-order valence-electron chi connectivity index (χ0n) is 12.7. The number of anilines is 1. The summed E-state index contributed by atoms with van der Waals surface area (Å²) in [5.74, 6) is 0.220. The van der Waals surface area contributed by atoms with Crippen LogP contribution in [-0.2, 0) is 4.79 Å². The van der Waals surface area contributed by atoms with Gasteiger partial charge in [-0.15, -0.1) is 0 Å². The van der Waals surface area contributed by atoms with E-state index in [0.717, 1.165) is 18.8 Å². The maximum atomic E-state index is 12.3. The van der Waals surface area contributed by atoms with Gasteiger partial charge >= 0.3 is 0 Å². The van der Waals surface area contributed by atoms with E-state index < -0.39 is 0 Å². The first-order valence-corrected chi connectivity index (χ1v) is 7.85. The number of hydrogen-bond acceptors (Lipinski definition) is 2. The lowest BCUT2D eigenvalue weighted by molar-refractivity contribution is -0.118. The number of likely N-dealkylation sites (tertiary alicyclic amines) is 1. The fraction of sp³-hybridized carbons (Fsp3) is 0.588. The molecule has 0 bridgehead atoms. The summed E-state index contributed by atoms with van der Waals surface area (Å²) in [5, 5.41) is 0. The Bertz CT molecular complexity index is 418. The number of para-hydroxylation sites is 1. The van der Waals surface area contributed by atoms with Crippen molar-refractivity contribution in [3.05, 3.63) is 30.3 Å². The Morgan fingerprint density at radius 1 is 1.25 bits per heavy atom. The molecule has 1 atom stereocenters. The molecule has 1 saturated heterocycles. The van der Waals surface area contributed by atoms with Crippen LogP contribution in [0.2, 0.25) is 0 Å². The number of rotatable bonds is 5. The minimum Gasteiger partial charge on any atom is -0.311 e. The summed E-state index contributed by atoms with van der Waals surface area (Å²) in [6.07, 6.45) is 4.34. The zero-order chi connectivity index (χ0) is 14.4. The summed E-state index contributed by atoms with van der Waals surface area (Å²) in [6, 6.07) is 10.6. The fourth-order valence-corrected chi connectivity index (χ4v) is 3.04. The number of carbonyl (C=O) groups is 1. The first-order chi connectivity index (χ1) is 9.76. The Labute approximate surface area is 122 Å². The number of amides is 1. The van der Waals surface area contributed by atoms with Gasteiger partial charge in [-0.25, -0.2) is 0 Å². The Balaban J connectivity index is 2.13. The standard InChI is InChI=1S/C17H26N2O/c1-3-17(20)19(15-10-6-5-7-11-15)14-16-12-8-9-13-18(16)4-2/h5-7,10-11,16H,3-4,8-9,12-14H2,1-2H3. The molecule has 1 aromatic rings. The quantitative estimate of drug-likeness (QED) is 0.822. The van der Waals surface area contributed by atoms with Crippen LogP contribution in [0.1, 0.15) is 39.5 Å². The van der Waals surface area contributed by atoms with Crippen LogP contribution in [0.25, 0.3) is 0 Å². The van der Waals surface area contributed by atoms with Crippen LogP contribution in [0.3, 0.4) is 0 Å². The van der Waals surface area contributed by atoms with Gasteiger partial charge in [-0.3, -0.25) is 9.69 Å². The van der Waals surface area contributed by atoms with Crippen LogP contribution in [0.15, 0.2) is 30.3 Å². The van der Waals surface area contributed by atoms with E-state index in [2.05, 4.69) is 11.8 Å². The van der Waals surface area contributed by atoms with Crippen LogP contribution in [-0.4, -0.2) is 36.5 Å². The predicted octanol–water partition coefficient (Wildman–Crippen LogP) is 3.30. The molecular weight excluding hydrogens is 248 g/mol. The molecule has 0 radical (unpaired) electrons. The minimum absolute atomic E-state index is 0.220. The molecule has 20 heavy (non-hydrogen) atoms. The molecule has 1 aliphatic heterocycles. The Morgan fingerprint density at radius 3 is 2.65 bits per heavy atom. The lowest BCUT2D eigenvalue weighted by atomic mass is 10.0. The van der Waals surface area contributed by atoms with E-state index in [9.17, 15) is 4.79 Å². The van der Waals surface area contributed by atoms with Crippen molar-refractivity contribution in [1.29, 1.82) is 0 Å². The van der Waals surface area contributed by atoms with E-state index in [-0.39, 0.29) is 5.91 Å². The normalized spacial score (nSPS) is 19.8. The molecule has 1 aromatic carbocycles. The van der Waals surface area contributed by atoms with Crippen LogP contribution in [0.4, 0.5) is 5.69 Å². The lowest BCUT2D eigenvalue weighted by Crippen LogP contribution is -2.48. The predicted molar refractivity (Wildman–Crippen MR) is 84.0 cm³/mol. The second-order valence-electron chi connectivity index (χ2n) is 5.47. The molecule has 0 spiro atoms. The summed E-state index contributed by atoms with van der Waals surface area (Å²) >= 11 is 0. The maximum absolute atomic E-state index is 12.3. The summed E-state index contributed by atoms with van der Waals surface area (Å²) in [4.78, 5) is 16.8. The Kier molecular flexibility index (Phi) is 5.60. The van der Waals surface area contributed by atoms with E-state index in [1.165, 1.54) is 25.8 Å². The Morgan fingerprint density at radius 2 is 2.00 bits per heavy atom. The number of nitrogens with zero attached hydrogens (tertiary/aromatic N) is 2. The van der Waals surface area contributed by atoms with Crippen molar-refractivity contribution in [3.63, 3.8) is 0 Å². The number of piperidine rings is 1. The summed E-state index contributed by atoms with van der Waals surface area (Å²) < 4.78 is 0. The molecule has 2 rings (SSSR count). The van der Waals surface area contributed by atoms with Crippen molar-refractivity contribution in [2.24, 2.45) is 0 Å². The third-order valence-electron chi connectivity index (χ3n) is 4.22. The highest BCUT2D eigenvalue weighted by atomic mass is 16.2. The monoisotopic (exact) mass is 274 g/mol. The van der Waals surface area contributed by atoms with Gasteiger partial charge in [0.05, 0.1) is 0 Å². The molecule has 1 aliphatic rings. The minimum atomic E-state index is 0.220. The van der Waals surface area contributed by atoms with E-state index in [1.54, 1.807) is 0 Å². The van der Waals surface area contributed by atoms with Gasteiger partial charge in [0, 0.05) is 24.7 Å². The van der Waals surface area contributed by atoms with Gasteiger partial charge in [-0.05, 0) is 38.1 Å². The fourth-order valence-electron chi connectivity index (χ4n) is 3.04. The third kappa shape index (κ3) is 3.60. The molecule has 0 aromatic heterocycles. The SMILES string of the molecule is CCC(=O)N(CC1CCCCN1CC)c1ccccc1. The lowest BCUT2D eigenvalue weighted by Gasteiger charge is -2.38. The van der Waals surface area contributed by atoms with Gasteiger partial charge in [-0.1, -0.05) is 38.5 Å². The van der Waals surface area contributed by atoms with Crippen LogP contribution >= 0.6 is 0 Å². The molecule has 1 unspecified atom stereocenters. The van der Waals surface area contributed by atoms with Gasteiger partial charge in [0.2, 0.25) is 5.91 Å². The van der Waals surface area contributed by atoms with Crippen molar-refractivity contribution in [3.8, 4) is 0 Å². The molecule has 0 saturated carbocycles. The molecule has 3 heteroatoms. The maximum Gasteiger partial charge on any atom is 0.226 e. The van der Waals surface area contributed by atoms with E-state index in [4.69, 9.17) is 0 Å². The highest BCUT2D eigenvalue weighted by molar-refractivity contribution is 5.93. The smallest absolute Gasteiger partial charge is 0.226 e. The van der Waals surface area contributed by atoms with Crippen molar-refractivity contribution in [2.75, 3.05) is 24.5 Å². The number of likely N-dealkylation sites (N-methyl/N-ethyl adjacent to an activating group) is 1. The molecule has 1 amide bonds. The van der Waals surface area contributed by atoms with E-state index in [0.29, 0.717) is 12.5 Å². The number of hydrogen-bond donors (Lipinski definition) is 0. The summed E-state index contributed by atoms with van der Waals surface area (Å²) in [5.41, 5.74) is 1.03. The first kappa shape index (κ1) is 15.0. The van der Waals surface area contributed by atoms with E-state index in [1.807, 2.05) is 42.2 Å². The molecular formula is C17H26N2O. The van der Waals surface area contributed by atoms with Gasteiger partial charge in [-0.2, -0.15) is 0 Å². The van der Waals surface area contributed by atoms with Crippen molar-refractivity contribution in [1.82, 2.24) is 4.90 Å². The summed E-state index contributed by atoms with van der Waals surface area (Å²) in [6.45, 7) is 7.23. The molecule has 0 aliphatic carbocycles. The van der Waals surface area contributed by atoms with Gasteiger partial charge in [0.25, 0.3) is 0 Å². The topological polar surface area (TPSA) is 23.6 Å². The molecule has 1 fully saturated rings. The highest BCUT2D eigenvalue weighted by Gasteiger charge is 2.25. The third-order valence-corrected chi connectivity index (χ3v) is 4.22. The van der Waals surface area contributed by atoms with Crippen molar-refractivity contribution in [2.45, 2.75) is 45.6 Å². The first-order valence-electron chi connectivity index (χ1n) is 7.85. The zero-order valence-corrected chi connectivity index (χ0v) is 12.7. The van der Waals surface area contributed by atoms with Crippen molar-refractivity contribution >= 4 is 11.6 Å². The number of benzene rings is 1. The average Bonchev–Trinajstić information content (AvgIpc) is 2.53. The molecule has 0 N–H and O–H groups in total. The second-order valence-corrected chi connectivity index (χ2v) is 5.47. The second kappa shape index (κ2) is 7.44. The van der Waals surface area contributed by atoms with Crippen LogP contribution in [0.5, 0.6) is 0 Å². The largest absolute Gasteiger partial charge is 0.311 e. The summed E-state index contributed by atoms with van der Waals surface area (Å²) in [7, 11) is 0. The van der Waals surface area contributed by atoms with Crippen LogP contribution < -0.4 is 4.90 Å². The molecule has 110 valence electrons. The van der Waals surface area contributed by atoms with E-state index >= 15 is 0 Å². The van der Waals surface area contributed by atoms with Gasteiger partial charge < -0.3 is 4.90 Å². The Hall–Kier alpha value is -1.35. The molecule has 1 heterocycles. The van der Waals surface area contributed by atoms with Gasteiger partial charge in [0.15, 0.2) is 0 Å². The average molecular weight is 274 g/mol.